The van der Waals surface area contributed by atoms with Gasteiger partial charge in [-0.25, -0.2) is 9.97 Å². The Labute approximate surface area is 158 Å². The van der Waals surface area contributed by atoms with Gasteiger partial charge in [0.2, 0.25) is 5.28 Å². The summed E-state index contributed by atoms with van der Waals surface area (Å²) in [5, 5.41) is 0.612. The van der Waals surface area contributed by atoms with E-state index in [9.17, 15) is 0 Å². The number of hydrogen-bond acceptors (Lipinski definition) is 8. The fourth-order valence-corrected chi connectivity index (χ4v) is 5.06. The highest BCUT2D eigenvalue weighted by atomic mass is 35.5. The molecule has 0 spiro atoms. The third kappa shape index (κ3) is 3.34. The van der Waals surface area contributed by atoms with E-state index >= 15 is 0 Å². The van der Waals surface area contributed by atoms with Crippen LogP contribution < -0.4 is 9.80 Å². The first-order chi connectivity index (χ1) is 11.7. The van der Waals surface area contributed by atoms with Gasteiger partial charge in [-0.15, -0.1) is 0 Å². The van der Waals surface area contributed by atoms with E-state index in [0.29, 0.717) is 22.1 Å². The molecule has 0 radical (unpaired) electrons. The molecule has 2 aliphatic heterocycles. The quantitative estimate of drug-likeness (QED) is 0.710. The Morgan fingerprint density at radius 2 is 1.29 bits per heavy atom. The Balaban J connectivity index is 1.79. The van der Waals surface area contributed by atoms with Crippen LogP contribution in [0.3, 0.4) is 0 Å². The largest absolute Gasteiger partial charge is 0.353 e. The van der Waals surface area contributed by atoms with E-state index in [0.717, 1.165) is 55.0 Å². The predicted molar refractivity (Wildman–Crippen MR) is 104 cm³/mol. The molecule has 2 aliphatic rings. The van der Waals surface area contributed by atoms with Crippen molar-refractivity contribution in [1.82, 2.24) is 19.9 Å². The molecule has 0 N–H and O–H groups in total. The number of hydrogen-bond donors (Lipinski definition) is 0. The Kier molecular flexibility index (Phi) is 5.08. The van der Waals surface area contributed by atoms with Gasteiger partial charge in [-0.1, -0.05) is 11.6 Å². The van der Waals surface area contributed by atoms with Crippen molar-refractivity contribution in [2.45, 2.75) is 0 Å². The summed E-state index contributed by atoms with van der Waals surface area (Å²) >= 11 is 16.5. The zero-order chi connectivity index (χ0) is 16.5. The second-order valence-electron chi connectivity index (χ2n) is 5.53. The summed E-state index contributed by atoms with van der Waals surface area (Å²) in [6, 6.07) is 0. The van der Waals surface area contributed by atoms with Crippen molar-refractivity contribution in [2.24, 2.45) is 0 Å². The molecule has 0 unspecified atom stereocenters. The van der Waals surface area contributed by atoms with Gasteiger partial charge >= 0.3 is 0 Å². The first kappa shape index (κ1) is 16.8. The van der Waals surface area contributed by atoms with Crippen molar-refractivity contribution in [3.8, 4) is 0 Å². The number of fused-ring (bicyclic) bond motifs is 1. The molecule has 24 heavy (non-hydrogen) atoms. The van der Waals surface area contributed by atoms with E-state index in [2.05, 4.69) is 29.7 Å². The number of rotatable bonds is 2. The van der Waals surface area contributed by atoms with Crippen molar-refractivity contribution >= 4 is 69.5 Å². The molecule has 2 aromatic rings. The maximum Gasteiger partial charge on any atom is 0.226 e. The van der Waals surface area contributed by atoms with E-state index in [1.807, 2.05) is 23.5 Å². The fourth-order valence-electron chi connectivity index (χ4n) is 2.85. The molecule has 6 nitrogen and oxygen atoms in total. The van der Waals surface area contributed by atoms with Gasteiger partial charge in [0, 0.05) is 49.2 Å². The predicted octanol–water partition coefficient (Wildman–Crippen LogP) is 2.83. The molecule has 2 fully saturated rings. The summed E-state index contributed by atoms with van der Waals surface area (Å²) in [6.07, 6.45) is 0. The maximum absolute atomic E-state index is 6.45. The number of nitrogens with zero attached hydrogens (tertiary/aromatic N) is 6. The van der Waals surface area contributed by atoms with Crippen LogP contribution in [0.25, 0.3) is 11.2 Å². The first-order valence-electron chi connectivity index (χ1n) is 7.78. The van der Waals surface area contributed by atoms with Crippen LogP contribution in [0.1, 0.15) is 0 Å². The van der Waals surface area contributed by atoms with E-state index in [4.69, 9.17) is 23.2 Å². The zero-order valence-corrected chi connectivity index (χ0v) is 16.1. The Morgan fingerprint density at radius 3 is 1.92 bits per heavy atom. The summed E-state index contributed by atoms with van der Waals surface area (Å²) in [7, 11) is 0. The Hall–Kier alpha value is -0.700. The van der Waals surface area contributed by atoms with Crippen molar-refractivity contribution in [3.63, 3.8) is 0 Å². The lowest BCUT2D eigenvalue weighted by Crippen LogP contribution is -2.34. The number of anilines is 2. The van der Waals surface area contributed by atoms with Crippen LogP contribution in [0.5, 0.6) is 0 Å². The molecule has 2 saturated heterocycles. The van der Waals surface area contributed by atoms with Gasteiger partial charge in [0.15, 0.2) is 28.0 Å². The minimum Gasteiger partial charge on any atom is -0.353 e. The van der Waals surface area contributed by atoms with Gasteiger partial charge in [0.25, 0.3) is 0 Å². The average Bonchev–Trinajstić information content (AvgIpc) is 2.62. The molecule has 0 saturated carbocycles. The second kappa shape index (κ2) is 7.27. The topological polar surface area (TPSA) is 58.0 Å². The van der Waals surface area contributed by atoms with Crippen molar-refractivity contribution in [3.05, 3.63) is 10.4 Å². The normalized spacial score (nSPS) is 19.1. The number of halogens is 2. The molecule has 0 aliphatic carbocycles. The highest BCUT2D eigenvalue weighted by molar-refractivity contribution is 7.99. The molecule has 128 valence electrons. The molecule has 0 atom stereocenters. The molecule has 4 heterocycles. The van der Waals surface area contributed by atoms with E-state index in [1.54, 1.807) is 0 Å². The summed E-state index contributed by atoms with van der Waals surface area (Å²) in [5.74, 6) is 5.69. The lowest BCUT2D eigenvalue weighted by molar-refractivity contribution is 0.829. The molecule has 0 aromatic carbocycles. The van der Waals surface area contributed by atoms with Gasteiger partial charge in [-0.3, -0.25) is 0 Å². The maximum atomic E-state index is 6.45. The summed E-state index contributed by atoms with van der Waals surface area (Å²) < 4.78 is 0. The Bertz CT molecular complexity index is 750. The van der Waals surface area contributed by atoms with Gasteiger partial charge in [-0.2, -0.15) is 33.5 Å². The molecule has 0 bridgehead atoms. The summed E-state index contributed by atoms with van der Waals surface area (Å²) in [4.78, 5) is 22.3. The molecule has 0 amide bonds. The van der Waals surface area contributed by atoms with Crippen LogP contribution in [0.4, 0.5) is 11.6 Å². The molecular formula is C14H16Cl2N6S2. The fraction of sp³-hybridized carbons (Fsp3) is 0.571. The van der Waals surface area contributed by atoms with Crippen LogP contribution in [0.15, 0.2) is 0 Å². The van der Waals surface area contributed by atoms with Crippen molar-refractivity contribution in [1.29, 1.82) is 0 Å². The third-order valence-electron chi connectivity index (χ3n) is 4.05. The lowest BCUT2D eigenvalue weighted by Gasteiger charge is -2.29. The minimum atomic E-state index is 0.201. The van der Waals surface area contributed by atoms with Crippen molar-refractivity contribution in [2.75, 3.05) is 59.0 Å². The Morgan fingerprint density at radius 1 is 0.708 bits per heavy atom. The smallest absolute Gasteiger partial charge is 0.226 e. The van der Waals surface area contributed by atoms with Crippen LogP contribution in [0, 0.1) is 0 Å². The van der Waals surface area contributed by atoms with Gasteiger partial charge in [-0.05, 0) is 11.6 Å². The van der Waals surface area contributed by atoms with Crippen molar-refractivity contribution < 1.29 is 0 Å². The number of thioether (sulfide) groups is 2. The standard InChI is InChI=1S/C14H16Cl2N6S2/c15-10-13(22-3-7-24-8-4-22)18-11-9(17-10)12(20-14(16)19-11)21-1-5-23-6-2-21/h1-8H2. The van der Waals surface area contributed by atoms with Crippen LogP contribution in [0.2, 0.25) is 10.4 Å². The summed E-state index contributed by atoms with van der Waals surface area (Å²) in [6.45, 7) is 3.66. The minimum absolute atomic E-state index is 0.201. The SMILES string of the molecule is Clc1nc(N2CCSCC2)c2nc(Cl)c(N3CCSCC3)nc2n1. The van der Waals surface area contributed by atoms with E-state index < -0.39 is 0 Å². The highest BCUT2D eigenvalue weighted by Gasteiger charge is 2.23. The lowest BCUT2D eigenvalue weighted by atomic mass is 10.4. The average molecular weight is 403 g/mol. The van der Waals surface area contributed by atoms with Crippen LogP contribution in [-0.4, -0.2) is 69.1 Å². The van der Waals surface area contributed by atoms with Gasteiger partial charge in [0.1, 0.15) is 0 Å². The molecule has 2 aromatic heterocycles. The van der Waals surface area contributed by atoms with Gasteiger partial charge in [0.05, 0.1) is 0 Å². The monoisotopic (exact) mass is 402 g/mol. The van der Waals surface area contributed by atoms with E-state index in [-0.39, 0.29) is 5.28 Å². The number of aromatic nitrogens is 4. The molecular weight excluding hydrogens is 387 g/mol. The zero-order valence-electron chi connectivity index (χ0n) is 12.9. The van der Waals surface area contributed by atoms with Gasteiger partial charge < -0.3 is 9.80 Å². The summed E-state index contributed by atoms with van der Waals surface area (Å²) in [5.41, 5.74) is 1.15. The molecule has 10 heteroatoms. The third-order valence-corrected chi connectivity index (χ3v) is 6.36. The first-order valence-corrected chi connectivity index (χ1v) is 10.8. The van der Waals surface area contributed by atoms with Crippen LogP contribution in [-0.2, 0) is 0 Å². The van der Waals surface area contributed by atoms with E-state index in [1.165, 1.54) is 0 Å². The highest BCUT2D eigenvalue weighted by Crippen LogP contribution is 2.31. The van der Waals surface area contributed by atoms with Crippen LogP contribution >= 0.6 is 46.7 Å². The molecule has 4 rings (SSSR count). The second-order valence-corrected chi connectivity index (χ2v) is 8.67.